The third-order valence-corrected chi connectivity index (χ3v) is 7.69. The number of rotatable bonds is 5. The van der Waals surface area contributed by atoms with Crippen LogP contribution in [0.15, 0.2) is 52.0 Å². The number of likely N-dealkylation sites (tertiary alicyclic amines) is 1. The molecule has 2 saturated heterocycles. The SMILES string of the molecule is COc1ccc(S(=O)(=O)N2CCN(C(=O)[C@@H]3CCCN3C(=O)c3ccco3)CC2)cc1. The maximum absolute atomic E-state index is 13.1. The first-order chi connectivity index (χ1) is 14.9. The van der Waals surface area contributed by atoms with E-state index < -0.39 is 16.1 Å². The second-order valence-corrected chi connectivity index (χ2v) is 9.48. The van der Waals surface area contributed by atoms with Crippen LogP contribution in [0, 0.1) is 0 Å². The highest BCUT2D eigenvalue weighted by Crippen LogP contribution is 2.24. The highest BCUT2D eigenvalue weighted by atomic mass is 32.2. The summed E-state index contributed by atoms with van der Waals surface area (Å²) in [7, 11) is -2.12. The molecule has 2 amide bonds. The van der Waals surface area contributed by atoms with Crippen molar-refractivity contribution >= 4 is 21.8 Å². The Balaban J connectivity index is 1.39. The molecule has 1 atom stereocenters. The largest absolute Gasteiger partial charge is 0.497 e. The summed E-state index contributed by atoms with van der Waals surface area (Å²) in [5, 5.41) is 0. The first-order valence-electron chi connectivity index (χ1n) is 10.2. The van der Waals surface area contributed by atoms with Gasteiger partial charge >= 0.3 is 0 Å². The summed E-state index contributed by atoms with van der Waals surface area (Å²) < 4.78 is 37.5. The van der Waals surface area contributed by atoms with Gasteiger partial charge in [-0.1, -0.05) is 0 Å². The Labute approximate surface area is 181 Å². The Kier molecular flexibility index (Phi) is 6.01. The van der Waals surface area contributed by atoms with Crippen molar-refractivity contribution in [2.75, 3.05) is 39.8 Å². The first kappa shape index (κ1) is 21.4. The fourth-order valence-corrected chi connectivity index (χ4v) is 5.49. The summed E-state index contributed by atoms with van der Waals surface area (Å²) in [5.41, 5.74) is 0. The number of furan rings is 1. The van der Waals surface area contributed by atoms with Crippen molar-refractivity contribution in [1.82, 2.24) is 14.1 Å². The summed E-state index contributed by atoms with van der Waals surface area (Å²) in [6, 6.07) is 8.94. The van der Waals surface area contributed by atoms with Gasteiger partial charge in [-0.25, -0.2) is 8.42 Å². The molecule has 1 aromatic heterocycles. The van der Waals surface area contributed by atoms with Crippen LogP contribution in [0.25, 0.3) is 0 Å². The van der Waals surface area contributed by atoms with E-state index in [2.05, 4.69) is 0 Å². The molecule has 2 fully saturated rings. The molecule has 0 radical (unpaired) electrons. The maximum Gasteiger partial charge on any atom is 0.290 e. The molecule has 0 saturated carbocycles. The number of hydrogen-bond donors (Lipinski definition) is 0. The van der Waals surface area contributed by atoms with Crippen LogP contribution in [0.3, 0.4) is 0 Å². The summed E-state index contributed by atoms with van der Waals surface area (Å²) in [6.07, 6.45) is 2.77. The molecular formula is C21H25N3O6S. The molecular weight excluding hydrogens is 422 g/mol. The minimum atomic E-state index is -3.65. The standard InChI is InChI=1S/C21H25N3O6S/c1-29-16-6-8-17(9-7-16)31(27,28)23-13-11-22(12-14-23)20(25)18-4-2-10-24(18)21(26)19-5-3-15-30-19/h3,5-9,15,18H,2,4,10-14H2,1H3/t18-/m0/s1. The minimum Gasteiger partial charge on any atom is -0.497 e. The van der Waals surface area contributed by atoms with Crippen LogP contribution in [-0.2, 0) is 14.8 Å². The summed E-state index contributed by atoms with van der Waals surface area (Å²) in [4.78, 5) is 29.2. The molecule has 0 unspecified atom stereocenters. The van der Waals surface area contributed by atoms with Gasteiger partial charge in [-0.3, -0.25) is 9.59 Å². The van der Waals surface area contributed by atoms with Gasteiger partial charge in [0.1, 0.15) is 11.8 Å². The van der Waals surface area contributed by atoms with E-state index >= 15 is 0 Å². The lowest BCUT2D eigenvalue weighted by molar-refractivity contribution is -0.136. The van der Waals surface area contributed by atoms with Crippen molar-refractivity contribution < 1.29 is 27.2 Å². The minimum absolute atomic E-state index is 0.140. The summed E-state index contributed by atoms with van der Waals surface area (Å²) >= 11 is 0. The van der Waals surface area contributed by atoms with Crippen LogP contribution < -0.4 is 4.74 Å². The molecule has 3 heterocycles. The highest BCUT2D eigenvalue weighted by molar-refractivity contribution is 7.89. The number of amides is 2. The van der Waals surface area contributed by atoms with Crippen LogP contribution in [0.5, 0.6) is 5.75 Å². The zero-order valence-corrected chi connectivity index (χ0v) is 18.1. The summed E-state index contributed by atoms with van der Waals surface area (Å²) in [5.74, 6) is 0.371. The van der Waals surface area contributed by atoms with Gasteiger partial charge in [0.15, 0.2) is 5.76 Å². The van der Waals surface area contributed by atoms with Crippen molar-refractivity contribution in [2.45, 2.75) is 23.8 Å². The Hall–Kier alpha value is -2.85. The first-order valence-corrected chi connectivity index (χ1v) is 11.6. The predicted molar refractivity (Wildman–Crippen MR) is 111 cm³/mol. The average Bonchev–Trinajstić information content (AvgIpc) is 3.51. The predicted octanol–water partition coefficient (Wildman–Crippen LogP) is 1.43. The Bertz CT molecular complexity index is 1030. The van der Waals surface area contributed by atoms with Crippen LogP contribution in [0.4, 0.5) is 0 Å². The Morgan fingerprint density at radius 2 is 1.74 bits per heavy atom. The van der Waals surface area contributed by atoms with E-state index in [1.54, 1.807) is 34.1 Å². The zero-order chi connectivity index (χ0) is 22.0. The molecule has 0 bridgehead atoms. The molecule has 2 aromatic rings. The van der Waals surface area contributed by atoms with Crippen molar-refractivity contribution in [3.8, 4) is 5.75 Å². The molecule has 1 aromatic carbocycles. The quantitative estimate of drug-likeness (QED) is 0.687. The van der Waals surface area contributed by atoms with Crippen LogP contribution in [0.1, 0.15) is 23.4 Å². The molecule has 2 aliphatic rings. The third kappa shape index (κ3) is 4.17. The number of carbonyl (C=O) groups excluding carboxylic acids is 2. The monoisotopic (exact) mass is 447 g/mol. The van der Waals surface area contributed by atoms with Crippen molar-refractivity contribution in [3.05, 3.63) is 48.4 Å². The number of ether oxygens (including phenoxy) is 1. The molecule has 10 heteroatoms. The van der Waals surface area contributed by atoms with E-state index in [-0.39, 0.29) is 48.6 Å². The van der Waals surface area contributed by atoms with E-state index in [9.17, 15) is 18.0 Å². The van der Waals surface area contributed by atoms with Crippen LogP contribution in [-0.4, -0.2) is 80.2 Å². The number of hydrogen-bond acceptors (Lipinski definition) is 6. The van der Waals surface area contributed by atoms with E-state index in [0.29, 0.717) is 18.7 Å². The fraction of sp³-hybridized carbons (Fsp3) is 0.429. The second kappa shape index (κ2) is 8.72. The lowest BCUT2D eigenvalue weighted by Crippen LogP contribution is -2.55. The van der Waals surface area contributed by atoms with Gasteiger partial charge in [0, 0.05) is 32.7 Å². The number of carbonyl (C=O) groups is 2. The lowest BCUT2D eigenvalue weighted by Gasteiger charge is -2.36. The third-order valence-electron chi connectivity index (χ3n) is 5.78. The van der Waals surface area contributed by atoms with Gasteiger partial charge in [-0.15, -0.1) is 0 Å². The highest BCUT2D eigenvalue weighted by Gasteiger charge is 2.39. The molecule has 2 aliphatic heterocycles. The van der Waals surface area contributed by atoms with Crippen LogP contribution in [0.2, 0.25) is 0 Å². The van der Waals surface area contributed by atoms with Gasteiger partial charge in [-0.2, -0.15) is 4.31 Å². The maximum atomic E-state index is 13.1. The van der Waals surface area contributed by atoms with Crippen molar-refractivity contribution in [3.63, 3.8) is 0 Å². The Morgan fingerprint density at radius 3 is 2.35 bits per heavy atom. The van der Waals surface area contributed by atoms with E-state index in [4.69, 9.17) is 9.15 Å². The number of piperazine rings is 1. The fourth-order valence-electron chi connectivity index (χ4n) is 4.06. The smallest absolute Gasteiger partial charge is 0.290 e. The normalized spacial score (nSPS) is 20.1. The number of benzene rings is 1. The number of nitrogens with zero attached hydrogens (tertiary/aromatic N) is 3. The molecule has 166 valence electrons. The van der Waals surface area contributed by atoms with Crippen molar-refractivity contribution in [1.29, 1.82) is 0 Å². The van der Waals surface area contributed by atoms with E-state index in [0.717, 1.165) is 6.42 Å². The topological polar surface area (TPSA) is 100 Å². The lowest BCUT2D eigenvalue weighted by atomic mass is 10.1. The van der Waals surface area contributed by atoms with Gasteiger partial charge in [-0.05, 0) is 49.2 Å². The molecule has 0 aliphatic carbocycles. The van der Waals surface area contributed by atoms with Crippen molar-refractivity contribution in [2.24, 2.45) is 0 Å². The van der Waals surface area contributed by atoms with Gasteiger partial charge in [0.05, 0.1) is 18.3 Å². The van der Waals surface area contributed by atoms with Crippen LogP contribution >= 0.6 is 0 Å². The average molecular weight is 448 g/mol. The van der Waals surface area contributed by atoms with Gasteiger partial charge in [0.25, 0.3) is 5.91 Å². The van der Waals surface area contributed by atoms with E-state index in [1.807, 2.05) is 0 Å². The van der Waals surface area contributed by atoms with Gasteiger partial charge in [0.2, 0.25) is 15.9 Å². The zero-order valence-electron chi connectivity index (χ0n) is 17.3. The number of methoxy groups -OCH3 is 1. The van der Waals surface area contributed by atoms with Gasteiger partial charge < -0.3 is 19.0 Å². The van der Waals surface area contributed by atoms with E-state index in [1.165, 1.54) is 29.8 Å². The summed E-state index contributed by atoms with van der Waals surface area (Å²) in [6.45, 7) is 1.49. The molecule has 9 nitrogen and oxygen atoms in total. The molecule has 0 spiro atoms. The number of sulfonamides is 1. The molecule has 4 rings (SSSR count). The second-order valence-electron chi connectivity index (χ2n) is 7.54. The molecule has 0 N–H and O–H groups in total. The molecule has 31 heavy (non-hydrogen) atoms. The Morgan fingerprint density at radius 1 is 1.03 bits per heavy atom.